The summed E-state index contributed by atoms with van der Waals surface area (Å²) >= 11 is 0. The van der Waals surface area contributed by atoms with E-state index in [9.17, 15) is 0 Å². The maximum atomic E-state index is 4.32. The molecule has 2 heteroatoms. The molecule has 0 spiro atoms. The lowest BCUT2D eigenvalue weighted by atomic mass is 10.0. The molecule has 1 aliphatic heterocycles. The fourth-order valence-electron chi connectivity index (χ4n) is 2.53. The van der Waals surface area contributed by atoms with Crippen LogP contribution in [-0.2, 0) is 0 Å². The van der Waals surface area contributed by atoms with Crippen LogP contribution in [-0.4, -0.2) is 11.5 Å². The van der Waals surface area contributed by atoms with Crippen molar-refractivity contribution in [1.29, 1.82) is 0 Å². The fraction of sp³-hybridized carbons (Fsp3) is 0.357. The van der Waals surface area contributed by atoms with E-state index in [1.165, 1.54) is 29.2 Å². The van der Waals surface area contributed by atoms with Gasteiger partial charge in [-0.1, -0.05) is 12.1 Å². The molecule has 1 aromatic carbocycles. The van der Waals surface area contributed by atoms with E-state index in [0.29, 0.717) is 6.04 Å². The molecule has 82 valence electrons. The van der Waals surface area contributed by atoms with Crippen LogP contribution in [0.5, 0.6) is 0 Å². The van der Waals surface area contributed by atoms with Crippen molar-refractivity contribution in [2.24, 2.45) is 0 Å². The molecule has 0 unspecified atom stereocenters. The van der Waals surface area contributed by atoms with Crippen LogP contribution in [0.3, 0.4) is 0 Å². The first-order valence-corrected chi connectivity index (χ1v) is 5.93. The highest BCUT2D eigenvalue weighted by Crippen LogP contribution is 2.26. The Balaban J connectivity index is 2.08. The first-order chi connectivity index (χ1) is 7.84. The molecule has 0 bridgehead atoms. The molecule has 1 N–H and O–H groups in total. The van der Waals surface area contributed by atoms with E-state index in [2.05, 4.69) is 41.5 Å². The van der Waals surface area contributed by atoms with Gasteiger partial charge in [-0.15, -0.1) is 0 Å². The molecule has 16 heavy (non-hydrogen) atoms. The number of aryl methyl sites for hydroxylation is 1. The van der Waals surface area contributed by atoms with E-state index in [1.807, 2.05) is 6.20 Å². The third-order valence-corrected chi connectivity index (χ3v) is 3.45. The van der Waals surface area contributed by atoms with Gasteiger partial charge in [0.15, 0.2) is 0 Å². The van der Waals surface area contributed by atoms with Gasteiger partial charge in [-0.05, 0) is 49.4 Å². The summed E-state index contributed by atoms with van der Waals surface area (Å²) in [7, 11) is 0. The van der Waals surface area contributed by atoms with E-state index in [-0.39, 0.29) is 0 Å². The first-order valence-electron chi connectivity index (χ1n) is 5.93. The quantitative estimate of drug-likeness (QED) is 0.786. The molecule has 0 aliphatic carbocycles. The summed E-state index contributed by atoms with van der Waals surface area (Å²) in [5.41, 5.74) is 2.53. The van der Waals surface area contributed by atoms with Gasteiger partial charge in [-0.3, -0.25) is 4.98 Å². The van der Waals surface area contributed by atoms with Crippen molar-refractivity contribution in [2.45, 2.75) is 25.8 Å². The van der Waals surface area contributed by atoms with Crippen molar-refractivity contribution in [2.75, 3.05) is 6.54 Å². The van der Waals surface area contributed by atoms with Gasteiger partial charge in [0.25, 0.3) is 0 Å². The lowest BCUT2D eigenvalue weighted by Gasteiger charge is -2.11. The molecule has 0 saturated carbocycles. The number of rotatable bonds is 1. The Labute approximate surface area is 95.7 Å². The maximum absolute atomic E-state index is 4.32. The molecule has 2 heterocycles. The molecule has 0 radical (unpaired) electrons. The van der Waals surface area contributed by atoms with Crippen LogP contribution < -0.4 is 5.32 Å². The van der Waals surface area contributed by atoms with Crippen molar-refractivity contribution in [3.8, 4) is 0 Å². The smallest absolute Gasteiger partial charge is 0.0450 e. The van der Waals surface area contributed by atoms with Gasteiger partial charge in [-0.2, -0.15) is 0 Å². The zero-order chi connectivity index (χ0) is 11.0. The Hall–Kier alpha value is -1.41. The minimum atomic E-state index is 0.554. The minimum absolute atomic E-state index is 0.554. The zero-order valence-electron chi connectivity index (χ0n) is 9.53. The monoisotopic (exact) mass is 212 g/mol. The predicted molar refractivity (Wildman–Crippen MR) is 66.5 cm³/mol. The number of fused-ring (bicyclic) bond motifs is 1. The van der Waals surface area contributed by atoms with E-state index in [0.717, 1.165) is 12.2 Å². The summed E-state index contributed by atoms with van der Waals surface area (Å²) in [5.74, 6) is 0. The van der Waals surface area contributed by atoms with Gasteiger partial charge in [-0.25, -0.2) is 0 Å². The van der Waals surface area contributed by atoms with Gasteiger partial charge in [0.05, 0.1) is 0 Å². The molecule has 1 fully saturated rings. The average Bonchev–Trinajstić information content (AvgIpc) is 2.82. The van der Waals surface area contributed by atoms with Crippen molar-refractivity contribution < 1.29 is 0 Å². The summed E-state index contributed by atoms with van der Waals surface area (Å²) in [4.78, 5) is 4.32. The van der Waals surface area contributed by atoms with Crippen molar-refractivity contribution in [3.63, 3.8) is 0 Å². The summed E-state index contributed by atoms with van der Waals surface area (Å²) in [5, 5.41) is 6.11. The number of benzene rings is 1. The molecule has 2 nitrogen and oxygen atoms in total. The van der Waals surface area contributed by atoms with E-state index < -0.39 is 0 Å². The first kappa shape index (κ1) is 9.79. The van der Waals surface area contributed by atoms with E-state index in [4.69, 9.17) is 0 Å². The molecular weight excluding hydrogens is 196 g/mol. The zero-order valence-corrected chi connectivity index (χ0v) is 9.53. The Bertz CT molecular complexity index is 513. The average molecular weight is 212 g/mol. The van der Waals surface area contributed by atoms with E-state index >= 15 is 0 Å². The van der Waals surface area contributed by atoms with Crippen molar-refractivity contribution in [1.82, 2.24) is 10.3 Å². The van der Waals surface area contributed by atoms with E-state index in [1.54, 1.807) is 0 Å². The summed E-state index contributed by atoms with van der Waals surface area (Å²) < 4.78 is 0. The Morgan fingerprint density at radius 1 is 1.31 bits per heavy atom. The Kier molecular flexibility index (Phi) is 2.37. The number of pyridine rings is 1. The van der Waals surface area contributed by atoms with Crippen LogP contribution in [0.2, 0.25) is 0 Å². The second kappa shape index (κ2) is 3.87. The summed E-state index contributed by atoms with van der Waals surface area (Å²) in [6, 6.07) is 9.39. The van der Waals surface area contributed by atoms with Crippen LogP contribution in [0.4, 0.5) is 0 Å². The second-order valence-corrected chi connectivity index (χ2v) is 4.53. The Morgan fingerprint density at radius 2 is 2.25 bits per heavy atom. The number of aromatic nitrogens is 1. The molecule has 1 saturated heterocycles. The third kappa shape index (κ3) is 1.59. The van der Waals surface area contributed by atoms with Gasteiger partial charge in [0.2, 0.25) is 0 Å². The second-order valence-electron chi connectivity index (χ2n) is 4.53. The van der Waals surface area contributed by atoms with Crippen LogP contribution in [0.15, 0.2) is 30.5 Å². The fourth-order valence-corrected chi connectivity index (χ4v) is 2.53. The minimum Gasteiger partial charge on any atom is -0.310 e. The van der Waals surface area contributed by atoms with Gasteiger partial charge >= 0.3 is 0 Å². The normalized spacial score (nSPS) is 20.4. The van der Waals surface area contributed by atoms with Crippen LogP contribution in [0.1, 0.15) is 30.1 Å². The van der Waals surface area contributed by atoms with Crippen molar-refractivity contribution >= 4 is 10.8 Å². The molecule has 1 atom stereocenters. The molecule has 0 amide bonds. The number of hydrogen-bond donors (Lipinski definition) is 1. The van der Waals surface area contributed by atoms with Gasteiger partial charge in [0.1, 0.15) is 0 Å². The number of nitrogens with one attached hydrogen (secondary N) is 1. The van der Waals surface area contributed by atoms with Gasteiger partial charge in [0, 0.05) is 23.3 Å². The highest BCUT2D eigenvalue weighted by molar-refractivity contribution is 5.84. The molecular formula is C14H16N2. The number of nitrogens with zero attached hydrogens (tertiary/aromatic N) is 1. The summed E-state index contributed by atoms with van der Waals surface area (Å²) in [6.07, 6.45) is 4.44. The predicted octanol–water partition coefficient (Wildman–Crippen LogP) is 2.97. The number of hydrogen-bond acceptors (Lipinski definition) is 2. The molecule has 2 aromatic rings. The van der Waals surface area contributed by atoms with Crippen molar-refractivity contribution in [3.05, 3.63) is 41.7 Å². The lowest BCUT2D eigenvalue weighted by Crippen LogP contribution is -2.12. The third-order valence-electron chi connectivity index (χ3n) is 3.45. The molecule has 1 aromatic heterocycles. The SMILES string of the molecule is Cc1nccc2cc([C@@H]3CCCN3)ccc12. The topological polar surface area (TPSA) is 24.9 Å². The lowest BCUT2D eigenvalue weighted by molar-refractivity contribution is 0.648. The summed E-state index contributed by atoms with van der Waals surface area (Å²) in [6.45, 7) is 3.22. The Morgan fingerprint density at radius 3 is 3.06 bits per heavy atom. The van der Waals surface area contributed by atoms with Gasteiger partial charge < -0.3 is 5.32 Å². The molecule has 3 rings (SSSR count). The largest absolute Gasteiger partial charge is 0.310 e. The standard InChI is InChI=1S/C14H16N2/c1-10-13-5-4-12(14-3-2-7-16-14)9-11(13)6-8-15-10/h4-6,8-9,14,16H,2-3,7H2,1H3/t14-/m0/s1. The highest BCUT2D eigenvalue weighted by atomic mass is 14.9. The highest BCUT2D eigenvalue weighted by Gasteiger charge is 2.16. The van der Waals surface area contributed by atoms with Crippen LogP contribution in [0, 0.1) is 6.92 Å². The van der Waals surface area contributed by atoms with Crippen LogP contribution in [0.25, 0.3) is 10.8 Å². The maximum Gasteiger partial charge on any atom is 0.0450 e. The van der Waals surface area contributed by atoms with Crippen LogP contribution >= 0.6 is 0 Å². The molecule has 1 aliphatic rings.